The van der Waals surface area contributed by atoms with E-state index >= 15 is 0 Å². The van der Waals surface area contributed by atoms with Crippen LogP contribution in [-0.2, 0) is 0 Å². The predicted octanol–water partition coefficient (Wildman–Crippen LogP) is 4.24. The molecule has 8 heteroatoms. The zero-order chi connectivity index (χ0) is 20.7. The van der Waals surface area contributed by atoms with Gasteiger partial charge < -0.3 is 10.4 Å². The Hall–Kier alpha value is -3.52. The van der Waals surface area contributed by atoms with Crippen molar-refractivity contribution in [3.63, 3.8) is 0 Å². The lowest BCUT2D eigenvalue weighted by Gasteiger charge is -2.05. The molecular weight excluding hydrogens is 393 g/mol. The van der Waals surface area contributed by atoms with Crippen LogP contribution in [0, 0.1) is 12.7 Å². The molecule has 4 rings (SSSR count). The lowest BCUT2D eigenvalue weighted by atomic mass is 10.0. The van der Waals surface area contributed by atoms with E-state index in [1.165, 1.54) is 30.5 Å². The molecule has 0 aliphatic carbocycles. The Morgan fingerprint density at radius 3 is 2.55 bits per heavy atom. The highest BCUT2D eigenvalue weighted by molar-refractivity contribution is 7.20. The van der Waals surface area contributed by atoms with Crippen LogP contribution in [0.4, 0.5) is 4.39 Å². The van der Waals surface area contributed by atoms with Crippen LogP contribution in [-0.4, -0.2) is 33.4 Å². The van der Waals surface area contributed by atoms with Crippen LogP contribution >= 0.6 is 11.3 Å². The maximum absolute atomic E-state index is 13.3. The second-order valence-corrected chi connectivity index (χ2v) is 7.49. The molecule has 0 spiro atoms. The number of amides is 1. The molecule has 1 amide bonds. The number of carboxylic acids is 1. The first-order valence-corrected chi connectivity index (χ1v) is 9.55. The Balaban J connectivity index is 1.91. The molecule has 4 aromatic rings. The summed E-state index contributed by atoms with van der Waals surface area (Å²) in [5.74, 6) is -1.69. The monoisotopic (exact) mass is 409 g/mol. The van der Waals surface area contributed by atoms with Gasteiger partial charge in [0.05, 0.1) is 10.4 Å². The van der Waals surface area contributed by atoms with Crippen molar-refractivity contribution in [2.45, 2.75) is 6.92 Å². The Morgan fingerprint density at radius 1 is 1.17 bits per heavy atom. The van der Waals surface area contributed by atoms with Crippen molar-refractivity contribution in [3.8, 4) is 21.7 Å². The quantitative estimate of drug-likeness (QED) is 0.528. The van der Waals surface area contributed by atoms with Gasteiger partial charge in [-0.1, -0.05) is 17.4 Å². The summed E-state index contributed by atoms with van der Waals surface area (Å²) in [4.78, 5) is 29.9. The second kappa shape index (κ2) is 7.14. The van der Waals surface area contributed by atoms with Gasteiger partial charge in [-0.3, -0.25) is 9.20 Å². The Labute approximate surface area is 169 Å². The van der Waals surface area contributed by atoms with Crippen molar-refractivity contribution in [2.75, 3.05) is 7.05 Å². The van der Waals surface area contributed by atoms with Crippen molar-refractivity contribution in [3.05, 3.63) is 71.3 Å². The molecule has 2 N–H and O–H groups in total. The van der Waals surface area contributed by atoms with E-state index in [-0.39, 0.29) is 17.3 Å². The number of hydrogen-bond donors (Lipinski definition) is 2. The van der Waals surface area contributed by atoms with Gasteiger partial charge in [-0.05, 0) is 54.4 Å². The summed E-state index contributed by atoms with van der Waals surface area (Å²) in [6.07, 6.45) is 1.78. The zero-order valence-corrected chi connectivity index (χ0v) is 16.4. The minimum absolute atomic E-state index is 0.190. The third-order valence-electron chi connectivity index (χ3n) is 4.64. The number of hydrogen-bond acceptors (Lipinski definition) is 4. The summed E-state index contributed by atoms with van der Waals surface area (Å²) in [6.45, 7) is 1.90. The topological polar surface area (TPSA) is 83.7 Å². The van der Waals surface area contributed by atoms with E-state index in [1.54, 1.807) is 40.9 Å². The van der Waals surface area contributed by atoms with E-state index in [2.05, 4.69) is 10.3 Å². The fraction of sp³-hybridized carbons (Fsp3) is 0.0952. The van der Waals surface area contributed by atoms with Gasteiger partial charge in [0.25, 0.3) is 5.91 Å². The van der Waals surface area contributed by atoms with Crippen LogP contribution in [0.3, 0.4) is 0 Å². The molecule has 6 nitrogen and oxygen atoms in total. The summed E-state index contributed by atoms with van der Waals surface area (Å²) in [5, 5.41) is 11.9. The van der Waals surface area contributed by atoms with E-state index in [1.807, 2.05) is 6.92 Å². The number of carboxylic acid groups (broad SMARTS) is 1. The largest absolute Gasteiger partial charge is 0.478 e. The number of aryl methyl sites for hydroxylation is 1. The summed E-state index contributed by atoms with van der Waals surface area (Å²) in [5.41, 5.74) is 3.30. The molecule has 0 bridgehead atoms. The van der Waals surface area contributed by atoms with E-state index in [0.29, 0.717) is 21.9 Å². The maximum Gasteiger partial charge on any atom is 0.335 e. The number of nitrogens with zero attached hydrogens (tertiary/aromatic N) is 2. The Bertz CT molecular complexity index is 1260. The first-order chi connectivity index (χ1) is 13.9. The third-order valence-corrected chi connectivity index (χ3v) is 5.65. The number of benzene rings is 2. The van der Waals surface area contributed by atoms with E-state index in [0.717, 1.165) is 16.0 Å². The number of halogens is 1. The van der Waals surface area contributed by atoms with Gasteiger partial charge in [0.1, 0.15) is 17.2 Å². The van der Waals surface area contributed by atoms with Gasteiger partial charge in [-0.25, -0.2) is 14.2 Å². The molecule has 2 heterocycles. The molecule has 0 unspecified atom stereocenters. The molecule has 146 valence electrons. The van der Waals surface area contributed by atoms with Crippen LogP contribution in [0.15, 0.2) is 48.7 Å². The Morgan fingerprint density at radius 2 is 1.90 bits per heavy atom. The van der Waals surface area contributed by atoms with Crippen LogP contribution in [0.25, 0.3) is 26.7 Å². The van der Waals surface area contributed by atoms with Crippen molar-refractivity contribution in [2.24, 2.45) is 0 Å². The van der Waals surface area contributed by atoms with Gasteiger partial charge in [0, 0.05) is 18.8 Å². The van der Waals surface area contributed by atoms with Gasteiger partial charge in [-0.15, -0.1) is 0 Å². The number of aromatic carboxylic acids is 1. The van der Waals surface area contributed by atoms with Gasteiger partial charge in [0.15, 0.2) is 4.96 Å². The zero-order valence-electron chi connectivity index (χ0n) is 15.6. The number of fused-ring (bicyclic) bond motifs is 1. The van der Waals surface area contributed by atoms with Crippen LogP contribution in [0.1, 0.15) is 26.4 Å². The second-order valence-electron chi connectivity index (χ2n) is 6.48. The SMILES string of the molecule is CNC(=O)c1c(-c2ccc(F)cc2)nc2sc(-c3cc(C(=O)O)ccc3C)cn12. The average Bonchev–Trinajstić information content (AvgIpc) is 3.26. The first kappa shape index (κ1) is 18.8. The Kier molecular flexibility index (Phi) is 4.63. The average molecular weight is 409 g/mol. The van der Waals surface area contributed by atoms with Gasteiger partial charge in [-0.2, -0.15) is 0 Å². The fourth-order valence-corrected chi connectivity index (χ4v) is 4.20. The number of thiazole rings is 1. The van der Waals surface area contributed by atoms with E-state index < -0.39 is 5.97 Å². The highest BCUT2D eigenvalue weighted by Crippen LogP contribution is 2.35. The van der Waals surface area contributed by atoms with Crippen molar-refractivity contribution < 1.29 is 19.1 Å². The van der Waals surface area contributed by atoms with Gasteiger partial charge in [0.2, 0.25) is 0 Å². The number of imidazole rings is 1. The molecule has 2 aromatic heterocycles. The number of aromatic nitrogens is 2. The molecule has 29 heavy (non-hydrogen) atoms. The first-order valence-electron chi connectivity index (χ1n) is 8.73. The minimum atomic E-state index is -1.00. The lowest BCUT2D eigenvalue weighted by Crippen LogP contribution is -2.20. The number of carbonyl (C=O) groups is 2. The molecule has 0 aliphatic rings. The maximum atomic E-state index is 13.3. The normalized spacial score (nSPS) is 11.0. The molecule has 2 aromatic carbocycles. The summed E-state index contributed by atoms with van der Waals surface area (Å²) < 4.78 is 15.0. The molecule has 0 fully saturated rings. The number of rotatable bonds is 4. The van der Waals surface area contributed by atoms with Crippen molar-refractivity contribution >= 4 is 28.2 Å². The number of nitrogens with one attached hydrogen (secondary N) is 1. The molecule has 0 atom stereocenters. The summed E-state index contributed by atoms with van der Waals surface area (Å²) in [6, 6.07) is 10.7. The van der Waals surface area contributed by atoms with Crippen LogP contribution in [0.2, 0.25) is 0 Å². The summed E-state index contributed by atoms with van der Waals surface area (Å²) >= 11 is 1.35. The molecule has 0 radical (unpaired) electrons. The fourth-order valence-electron chi connectivity index (χ4n) is 3.14. The van der Waals surface area contributed by atoms with Gasteiger partial charge >= 0.3 is 5.97 Å². The van der Waals surface area contributed by atoms with E-state index in [4.69, 9.17) is 0 Å². The molecule has 0 aliphatic heterocycles. The standard InChI is InChI=1S/C21H16FN3O3S/c1-11-3-4-13(20(27)28)9-15(11)16-10-25-18(19(26)23-2)17(24-21(25)29-16)12-5-7-14(22)8-6-12/h3-10H,1-2H3,(H,23,26)(H,27,28). The minimum Gasteiger partial charge on any atom is -0.478 e. The third kappa shape index (κ3) is 3.27. The van der Waals surface area contributed by atoms with Crippen molar-refractivity contribution in [1.29, 1.82) is 0 Å². The molecular formula is C21H16FN3O3S. The smallest absolute Gasteiger partial charge is 0.335 e. The molecule has 0 saturated heterocycles. The lowest BCUT2D eigenvalue weighted by molar-refractivity contribution is 0.0696. The highest BCUT2D eigenvalue weighted by atomic mass is 32.1. The number of carbonyl (C=O) groups excluding carboxylic acids is 1. The summed E-state index contributed by atoms with van der Waals surface area (Å²) in [7, 11) is 1.53. The highest BCUT2D eigenvalue weighted by Gasteiger charge is 2.22. The predicted molar refractivity (Wildman–Crippen MR) is 109 cm³/mol. The van der Waals surface area contributed by atoms with Crippen molar-refractivity contribution in [1.82, 2.24) is 14.7 Å². The molecule has 0 saturated carbocycles. The van der Waals surface area contributed by atoms with Crippen LogP contribution in [0.5, 0.6) is 0 Å². The van der Waals surface area contributed by atoms with E-state index in [9.17, 15) is 19.1 Å². The van der Waals surface area contributed by atoms with Crippen LogP contribution < -0.4 is 5.32 Å².